The van der Waals surface area contributed by atoms with Crippen LogP contribution in [0.25, 0.3) is 0 Å². The summed E-state index contributed by atoms with van der Waals surface area (Å²) in [6.07, 6.45) is 6.12. The number of carbonyl (C=O) groups excluding carboxylic acids is 3. The molecule has 5 rings (SSSR count). The number of amides is 3. The van der Waals surface area contributed by atoms with Crippen molar-refractivity contribution in [1.29, 1.82) is 0 Å². The predicted octanol–water partition coefficient (Wildman–Crippen LogP) is 5.89. The van der Waals surface area contributed by atoms with Crippen molar-refractivity contribution >= 4 is 56.8 Å². The van der Waals surface area contributed by atoms with Crippen LogP contribution >= 0.6 is 27.7 Å². The van der Waals surface area contributed by atoms with Crippen molar-refractivity contribution in [2.75, 3.05) is 49.1 Å². The van der Waals surface area contributed by atoms with Crippen LogP contribution < -0.4 is 9.80 Å². The quantitative estimate of drug-likeness (QED) is 0.124. The number of carbonyl (C=O) groups is 3. The summed E-state index contributed by atoms with van der Waals surface area (Å²) >= 11 is 5.58. The second-order valence-corrected chi connectivity index (χ2v) is 15.6. The molecule has 8 nitrogen and oxygen atoms in total. The van der Waals surface area contributed by atoms with E-state index in [-0.39, 0.29) is 34.4 Å². The van der Waals surface area contributed by atoms with Crippen molar-refractivity contribution in [2.45, 2.75) is 66.9 Å². The summed E-state index contributed by atoms with van der Waals surface area (Å²) < 4.78 is -0.752. The molecule has 10 heteroatoms. The topological polar surface area (TPSA) is 84.4 Å². The number of aliphatic hydroxyl groups is 1. The number of rotatable bonds is 17. The molecule has 2 aromatic rings. The number of likely N-dealkylation sites (tertiary alicyclic amines) is 1. The Morgan fingerprint density at radius 1 is 0.979 bits per heavy atom. The Labute approximate surface area is 298 Å². The maximum atomic E-state index is 15.0. The van der Waals surface area contributed by atoms with Crippen molar-refractivity contribution in [1.82, 2.24) is 9.80 Å². The molecule has 258 valence electrons. The Kier molecular flexibility index (Phi) is 12.1. The zero-order valence-electron chi connectivity index (χ0n) is 28.2. The molecule has 3 heterocycles. The molecule has 3 fully saturated rings. The number of nitrogens with zero attached hydrogens (tertiary/aromatic N) is 4. The van der Waals surface area contributed by atoms with Crippen LogP contribution in [0.15, 0.2) is 79.9 Å². The van der Waals surface area contributed by atoms with Crippen molar-refractivity contribution < 1.29 is 19.5 Å². The van der Waals surface area contributed by atoms with E-state index in [4.69, 9.17) is 0 Å². The van der Waals surface area contributed by atoms with Crippen LogP contribution in [0.5, 0.6) is 0 Å². The Balaban J connectivity index is 1.52. The van der Waals surface area contributed by atoms with Gasteiger partial charge in [-0.3, -0.25) is 14.4 Å². The monoisotopic (exact) mass is 736 g/mol. The van der Waals surface area contributed by atoms with Gasteiger partial charge in [0.25, 0.3) is 5.91 Å². The molecule has 3 aliphatic rings. The van der Waals surface area contributed by atoms with E-state index in [1.165, 1.54) is 0 Å². The van der Waals surface area contributed by atoms with Gasteiger partial charge in [-0.1, -0.05) is 58.4 Å². The molecule has 48 heavy (non-hydrogen) atoms. The summed E-state index contributed by atoms with van der Waals surface area (Å²) in [5, 5.41) is 9.29. The zero-order chi connectivity index (χ0) is 34.4. The Hall–Kier alpha value is -3.08. The first-order chi connectivity index (χ1) is 23.3. The third-order valence-corrected chi connectivity index (χ3v) is 13.3. The molecule has 1 spiro atoms. The summed E-state index contributed by atoms with van der Waals surface area (Å²) in [7, 11) is 0. The first-order valence-corrected chi connectivity index (χ1v) is 19.0. The number of fused-ring (bicyclic) bond motifs is 1. The summed E-state index contributed by atoms with van der Waals surface area (Å²) in [4.78, 5) is 51.8. The summed E-state index contributed by atoms with van der Waals surface area (Å²) in [6, 6.07) is 17.2. The van der Waals surface area contributed by atoms with Crippen molar-refractivity contribution in [2.24, 2.45) is 11.8 Å². The highest BCUT2D eigenvalue weighted by Crippen LogP contribution is 2.68. The lowest BCUT2D eigenvalue weighted by molar-refractivity contribution is -0.144. The van der Waals surface area contributed by atoms with E-state index in [2.05, 4.69) is 47.8 Å². The third kappa shape index (κ3) is 6.85. The molecular formula is C38H49BrN4O4S. The first-order valence-electron chi connectivity index (χ1n) is 17.2. The second kappa shape index (κ2) is 16.1. The van der Waals surface area contributed by atoms with Crippen LogP contribution in [0, 0.1) is 11.8 Å². The lowest BCUT2D eigenvalue weighted by Crippen LogP contribution is -2.56. The normalized spacial score (nSPS) is 25.5. The standard InChI is InChI=1S/C38H49BrN4O4S/c1-5-21-41(26-27-15-11-9-12-16-27)35(45)31-32-36(46)43(23-13-10-14-24-44)34(38(32)25-30(39)33(31)48-38)37(47)42(22-6-2)29-19-17-28(18-20-29)40(7-3)8-4/h5-6,9,11-12,15-20,30-34,44H,1-2,7-8,10,13-14,21-26H2,3-4H3/t30?,31-,32-,33-,34?,38?/m0/s1. The van der Waals surface area contributed by atoms with E-state index in [9.17, 15) is 19.5 Å². The molecule has 3 unspecified atom stereocenters. The highest BCUT2D eigenvalue weighted by Gasteiger charge is 2.76. The van der Waals surface area contributed by atoms with Gasteiger partial charge >= 0.3 is 0 Å². The Morgan fingerprint density at radius 3 is 2.27 bits per heavy atom. The van der Waals surface area contributed by atoms with Gasteiger partial charge in [-0.2, -0.15) is 0 Å². The van der Waals surface area contributed by atoms with Gasteiger partial charge in [0, 0.05) is 67.3 Å². The van der Waals surface area contributed by atoms with E-state index in [0.717, 1.165) is 36.4 Å². The average molecular weight is 738 g/mol. The van der Waals surface area contributed by atoms with Gasteiger partial charge in [-0.05, 0) is 69.4 Å². The molecule has 1 N–H and O–H groups in total. The van der Waals surface area contributed by atoms with Crippen molar-refractivity contribution in [3.63, 3.8) is 0 Å². The fourth-order valence-corrected chi connectivity index (χ4v) is 11.5. The highest BCUT2D eigenvalue weighted by atomic mass is 79.9. The van der Waals surface area contributed by atoms with Gasteiger partial charge in [0.05, 0.1) is 16.6 Å². The lowest BCUT2D eigenvalue weighted by Gasteiger charge is -2.38. The van der Waals surface area contributed by atoms with E-state index in [0.29, 0.717) is 45.4 Å². The SMILES string of the molecule is C=CCN(Cc1ccccc1)C(=O)[C@H]1[C@H]2C(=O)N(CCCCCO)C(C(=O)N(CC=C)c3ccc(N(CC)CC)cc3)C23CC(Br)[C@@H]1S3. The molecule has 3 saturated heterocycles. The number of anilines is 2. The van der Waals surface area contributed by atoms with Gasteiger partial charge in [0.1, 0.15) is 6.04 Å². The Morgan fingerprint density at radius 2 is 1.65 bits per heavy atom. The largest absolute Gasteiger partial charge is 0.396 e. The number of hydrogen-bond acceptors (Lipinski definition) is 6. The molecule has 0 aromatic heterocycles. The molecule has 0 aliphatic carbocycles. The van der Waals surface area contributed by atoms with Crippen LogP contribution in [-0.2, 0) is 20.9 Å². The minimum absolute atomic E-state index is 0.0198. The molecule has 0 radical (unpaired) electrons. The van der Waals surface area contributed by atoms with Gasteiger partial charge in [-0.15, -0.1) is 24.9 Å². The van der Waals surface area contributed by atoms with E-state index in [1.54, 1.807) is 38.6 Å². The van der Waals surface area contributed by atoms with Crippen molar-refractivity contribution in [3.05, 3.63) is 85.5 Å². The minimum Gasteiger partial charge on any atom is -0.396 e. The van der Waals surface area contributed by atoms with Crippen LogP contribution in [-0.4, -0.2) is 92.8 Å². The maximum absolute atomic E-state index is 15.0. The number of alkyl halides is 1. The number of aliphatic hydroxyl groups excluding tert-OH is 1. The molecule has 0 saturated carbocycles. The third-order valence-electron chi connectivity index (χ3n) is 10.1. The number of unbranched alkanes of at least 4 members (excludes halogenated alkanes) is 2. The number of halogens is 1. The molecule has 3 amide bonds. The van der Waals surface area contributed by atoms with Gasteiger partial charge in [0.15, 0.2) is 0 Å². The van der Waals surface area contributed by atoms with Crippen LogP contribution in [0.3, 0.4) is 0 Å². The second-order valence-electron chi connectivity index (χ2n) is 12.9. The summed E-state index contributed by atoms with van der Waals surface area (Å²) in [6.45, 7) is 15.5. The highest BCUT2D eigenvalue weighted by molar-refractivity contribution is 9.09. The molecule has 3 aliphatic heterocycles. The maximum Gasteiger partial charge on any atom is 0.251 e. The minimum atomic E-state index is -0.752. The zero-order valence-corrected chi connectivity index (χ0v) is 30.6. The number of benzene rings is 2. The lowest BCUT2D eigenvalue weighted by atomic mass is 9.70. The number of thioether (sulfide) groups is 1. The average Bonchev–Trinajstić information content (AvgIpc) is 3.69. The van der Waals surface area contributed by atoms with Gasteiger partial charge in [-0.25, -0.2) is 0 Å². The molecular weight excluding hydrogens is 688 g/mol. The van der Waals surface area contributed by atoms with Crippen LogP contribution in [0.4, 0.5) is 11.4 Å². The summed E-state index contributed by atoms with van der Waals surface area (Å²) in [5.41, 5.74) is 2.85. The predicted molar refractivity (Wildman–Crippen MR) is 199 cm³/mol. The van der Waals surface area contributed by atoms with Crippen LogP contribution in [0.1, 0.15) is 45.1 Å². The van der Waals surface area contributed by atoms with E-state index >= 15 is 0 Å². The fraction of sp³-hybridized carbons (Fsp3) is 0.500. The molecule has 2 bridgehead atoms. The van der Waals surface area contributed by atoms with E-state index < -0.39 is 22.6 Å². The van der Waals surface area contributed by atoms with Crippen LogP contribution in [0.2, 0.25) is 0 Å². The number of hydrogen-bond donors (Lipinski definition) is 1. The smallest absolute Gasteiger partial charge is 0.251 e. The van der Waals surface area contributed by atoms with E-state index in [1.807, 2.05) is 54.6 Å². The molecule has 2 aromatic carbocycles. The molecule has 6 atom stereocenters. The summed E-state index contributed by atoms with van der Waals surface area (Å²) in [5.74, 6) is -1.50. The fourth-order valence-electron chi connectivity index (χ4n) is 7.94. The first kappa shape index (κ1) is 36.2. The Bertz CT molecular complexity index is 1450. The van der Waals surface area contributed by atoms with Gasteiger partial charge in [0.2, 0.25) is 11.8 Å². The van der Waals surface area contributed by atoms with Crippen molar-refractivity contribution in [3.8, 4) is 0 Å². The van der Waals surface area contributed by atoms with Gasteiger partial charge < -0.3 is 24.7 Å².